The lowest BCUT2D eigenvalue weighted by atomic mass is 9.97. The molecular formula is C15H23BrN4O. The van der Waals surface area contributed by atoms with Crippen LogP contribution in [0.1, 0.15) is 33.1 Å². The van der Waals surface area contributed by atoms with E-state index in [2.05, 4.69) is 35.8 Å². The number of hydrogen-bond donors (Lipinski definition) is 2. The van der Waals surface area contributed by atoms with Crippen LogP contribution in [-0.2, 0) is 6.54 Å². The summed E-state index contributed by atoms with van der Waals surface area (Å²) >= 11 is 3.44. The number of nitrogens with one attached hydrogen (secondary N) is 1. The van der Waals surface area contributed by atoms with Gasteiger partial charge in [-0.3, -0.25) is 0 Å². The Hall–Kier alpha value is -0.980. The zero-order valence-corrected chi connectivity index (χ0v) is 12.9. The highest BCUT2D eigenvalue weighted by Gasteiger charge is 2.21. The molecule has 2 aromatic rings. The van der Waals surface area contributed by atoms with E-state index in [-0.39, 0.29) is 19.6 Å². The van der Waals surface area contributed by atoms with Crippen molar-refractivity contribution in [1.29, 1.82) is 0 Å². The zero-order chi connectivity index (χ0) is 13.9. The van der Waals surface area contributed by atoms with Gasteiger partial charge in [-0.05, 0) is 54.2 Å². The molecule has 2 N–H and O–H groups in total. The van der Waals surface area contributed by atoms with Gasteiger partial charge in [0.05, 0.1) is 17.9 Å². The number of piperidine rings is 1. The van der Waals surface area contributed by atoms with Gasteiger partial charge >= 0.3 is 0 Å². The average molecular weight is 355 g/mol. The summed E-state index contributed by atoms with van der Waals surface area (Å²) in [6.45, 7) is 1.92. The van der Waals surface area contributed by atoms with Crippen molar-refractivity contribution in [2.75, 3.05) is 6.54 Å². The minimum Gasteiger partial charge on any atom is -0.392 e. The lowest BCUT2D eigenvalue weighted by molar-refractivity contribution is 0.0909. The lowest BCUT2D eigenvalue weighted by Gasteiger charge is -2.28. The van der Waals surface area contributed by atoms with Gasteiger partial charge in [-0.25, -0.2) is 9.97 Å². The summed E-state index contributed by atoms with van der Waals surface area (Å²) < 4.78 is 3.10. The van der Waals surface area contributed by atoms with Gasteiger partial charge in [0, 0.05) is 23.3 Å². The highest BCUT2D eigenvalue weighted by Crippen LogP contribution is 2.18. The average Bonchev–Trinajstić information content (AvgIpc) is 2.83. The number of hydrogen-bond acceptors (Lipinski definition) is 4. The monoisotopic (exact) mass is 354 g/mol. The SMILES string of the molecule is C.O[C@H]1CCCN[C@@H]1CCCn1cnc2ncc(Br)cc21. The van der Waals surface area contributed by atoms with Crippen LogP contribution in [0.2, 0.25) is 0 Å². The Morgan fingerprint density at radius 1 is 1.43 bits per heavy atom. The van der Waals surface area contributed by atoms with E-state index in [0.717, 1.165) is 54.4 Å². The highest BCUT2D eigenvalue weighted by molar-refractivity contribution is 9.10. The third-order valence-electron chi connectivity index (χ3n) is 3.90. The third-order valence-corrected chi connectivity index (χ3v) is 4.34. The minimum absolute atomic E-state index is 0. The van der Waals surface area contributed by atoms with E-state index in [1.807, 2.05) is 12.4 Å². The quantitative estimate of drug-likeness (QED) is 0.885. The van der Waals surface area contributed by atoms with Gasteiger partial charge in [-0.2, -0.15) is 0 Å². The first kappa shape index (κ1) is 16.4. The van der Waals surface area contributed by atoms with Crippen LogP contribution in [-0.4, -0.2) is 38.3 Å². The second kappa shape index (κ2) is 7.33. The van der Waals surface area contributed by atoms with Crippen molar-refractivity contribution in [1.82, 2.24) is 19.9 Å². The van der Waals surface area contributed by atoms with Crippen LogP contribution in [0, 0.1) is 0 Å². The largest absolute Gasteiger partial charge is 0.392 e. The van der Waals surface area contributed by atoms with Crippen molar-refractivity contribution in [3.63, 3.8) is 0 Å². The van der Waals surface area contributed by atoms with Crippen LogP contribution in [0.25, 0.3) is 11.2 Å². The molecule has 0 spiro atoms. The number of halogens is 1. The predicted molar refractivity (Wildman–Crippen MR) is 88.2 cm³/mol. The van der Waals surface area contributed by atoms with E-state index >= 15 is 0 Å². The first-order valence-electron chi connectivity index (χ1n) is 7.12. The van der Waals surface area contributed by atoms with Crippen LogP contribution < -0.4 is 5.32 Å². The second-order valence-corrected chi connectivity index (χ2v) is 6.26. The van der Waals surface area contributed by atoms with Crippen molar-refractivity contribution in [2.45, 2.75) is 51.8 Å². The molecule has 116 valence electrons. The summed E-state index contributed by atoms with van der Waals surface area (Å²) in [4.78, 5) is 8.59. The van der Waals surface area contributed by atoms with E-state index in [0.29, 0.717) is 0 Å². The Bertz CT molecular complexity index is 586. The number of fused-ring (bicyclic) bond motifs is 1. The Labute approximate surface area is 133 Å². The van der Waals surface area contributed by atoms with Crippen LogP contribution >= 0.6 is 15.9 Å². The van der Waals surface area contributed by atoms with Gasteiger partial charge < -0.3 is 15.0 Å². The smallest absolute Gasteiger partial charge is 0.177 e. The van der Waals surface area contributed by atoms with Gasteiger partial charge in [0.2, 0.25) is 0 Å². The molecule has 3 rings (SSSR count). The molecule has 1 saturated heterocycles. The number of pyridine rings is 1. The molecule has 0 aliphatic carbocycles. The molecule has 0 unspecified atom stereocenters. The normalized spacial score (nSPS) is 22.2. The van der Waals surface area contributed by atoms with Crippen LogP contribution in [0.15, 0.2) is 23.1 Å². The molecule has 2 atom stereocenters. The zero-order valence-electron chi connectivity index (χ0n) is 11.3. The Kier molecular flexibility index (Phi) is 5.72. The first-order chi connectivity index (χ1) is 9.74. The highest BCUT2D eigenvalue weighted by atomic mass is 79.9. The fraction of sp³-hybridized carbons (Fsp3) is 0.600. The van der Waals surface area contributed by atoms with E-state index in [1.165, 1.54) is 0 Å². The number of imidazole rings is 1. The number of nitrogens with zero attached hydrogens (tertiary/aromatic N) is 3. The molecule has 1 fully saturated rings. The maximum absolute atomic E-state index is 9.94. The Balaban J connectivity index is 0.00000161. The second-order valence-electron chi connectivity index (χ2n) is 5.35. The maximum Gasteiger partial charge on any atom is 0.177 e. The summed E-state index contributed by atoms with van der Waals surface area (Å²) in [6.07, 6.45) is 7.41. The molecule has 3 heterocycles. The molecule has 1 aliphatic rings. The molecule has 0 saturated carbocycles. The lowest BCUT2D eigenvalue weighted by Crippen LogP contribution is -2.44. The Morgan fingerprint density at radius 2 is 2.29 bits per heavy atom. The summed E-state index contributed by atoms with van der Waals surface area (Å²) in [5, 5.41) is 13.3. The summed E-state index contributed by atoms with van der Waals surface area (Å²) in [5.74, 6) is 0. The van der Waals surface area contributed by atoms with Crippen molar-refractivity contribution >= 4 is 27.1 Å². The van der Waals surface area contributed by atoms with E-state index in [4.69, 9.17) is 0 Å². The van der Waals surface area contributed by atoms with E-state index in [1.54, 1.807) is 6.20 Å². The van der Waals surface area contributed by atoms with Crippen molar-refractivity contribution < 1.29 is 5.11 Å². The molecule has 0 bridgehead atoms. The molecule has 2 aromatic heterocycles. The molecule has 6 heteroatoms. The number of aliphatic hydroxyl groups is 1. The number of aliphatic hydroxyl groups excluding tert-OH is 1. The summed E-state index contributed by atoms with van der Waals surface area (Å²) in [6, 6.07) is 2.28. The van der Waals surface area contributed by atoms with E-state index < -0.39 is 0 Å². The van der Waals surface area contributed by atoms with Crippen LogP contribution in [0.5, 0.6) is 0 Å². The first-order valence-corrected chi connectivity index (χ1v) is 7.91. The summed E-state index contributed by atoms with van der Waals surface area (Å²) in [5.41, 5.74) is 1.83. The van der Waals surface area contributed by atoms with Gasteiger partial charge in [0.25, 0.3) is 0 Å². The summed E-state index contributed by atoms with van der Waals surface area (Å²) in [7, 11) is 0. The van der Waals surface area contributed by atoms with Crippen LogP contribution in [0.3, 0.4) is 0 Å². The van der Waals surface area contributed by atoms with Gasteiger partial charge in [-0.15, -0.1) is 0 Å². The molecule has 5 nitrogen and oxygen atoms in total. The minimum atomic E-state index is -0.195. The molecule has 0 amide bonds. The number of rotatable bonds is 4. The maximum atomic E-state index is 9.94. The van der Waals surface area contributed by atoms with Crippen molar-refractivity contribution in [3.8, 4) is 0 Å². The molecule has 21 heavy (non-hydrogen) atoms. The number of aryl methyl sites for hydroxylation is 1. The fourth-order valence-corrected chi connectivity index (χ4v) is 3.13. The molecular weight excluding hydrogens is 332 g/mol. The topological polar surface area (TPSA) is 63.0 Å². The predicted octanol–water partition coefficient (Wildman–Crippen LogP) is 2.72. The van der Waals surface area contributed by atoms with Crippen LogP contribution in [0.4, 0.5) is 0 Å². The Morgan fingerprint density at radius 3 is 3.10 bits per heavy atom. The van der Waals surface area contributed by atoms with Gasteiger partial charge in [0.1, 0.15) is 0 Å². The van der Waals surface area contributed by atoms with Crippen molar-refractivity contribution in [2.24, 2.45) is 0 Å². The standard InChI is InChI=1S/C14H19BrN4O.CH4/c15-10-7-12-14(17-8-10)18-9-19(12)6-2-3-11-13(20)4-1-5-16-11;/h7-9,11,13,16,20H,1-6H2;1H4/t11-,13+;/m1./s1. The van der Waals surface area contributed by atoms with Gasteiger partial charge in [0.15, 0.2) is 5.65 Å². The van der Waals surface area contributed by atoms with Crippen molar-refractivity contribution in [3.05, 3.63) is 23.1 Å². The van der Waals surface area contributed by atoms with Gasteiger partial charge in [-0.1, -0.05) is 7.43 Å². The fourth-order valence-electron chi connectivity index (χ4n) is 2.81. The third kappa shape index (κ3) is 3.81. The number of aromatic nitrogens is 3. The molecule has 0 radical (unpaired) electrons. The molecule has 1 aliphatic heterocycles. The van der Waals surface area contributed by atoms with E-state index in [9.17, 15) is 5.11 Å². The molecule has 0 aromatic carbocycles.